The van der Waals surface area contributed by atoms with Crippen LogP contribution in [0.5, 0.6) is 0 Å². The van der Waals surface area contributed by atoms with Crippen LogP contribution >= 0.6 is 0 Å². The van der Waals surface area contributed by atoms with Gasteiger partial charge in [-0.25, -0.2) is 0 Å². The van der Waals surface area contributed by atoms with Gasteiger partial charge >= 0.3 is 0 Å². The minimum Gasteiger partial charge on any atom is -0.378 e. The van der Waals surface area contributed by atoms with Crippen molar-refractivity contribution in [1.29, 1.82) is 0 Å². The van der Waals surface area contributed by atoms with Gasteiger partial charge in [0.25, 0.3) is 0 Å². The highest BCUT2D eigenvalue weighted by atomic mass is 16.5. The monoisotopic (exact) mass is 184 g/mol. The SMILES string of the molecule is CC(C)([C@H]1CCCO1)[C@H]1CCCO1. The van der Waals surface area contributed by atoms with Crippen LogP contribution < -0.4 is 0 Å². The summed E-state index contributed by atoms with van der Waals surface area (Å²) in [7, 11) is 0. The first-order valence-electron chi connectivity index (χ1n) is 5.44. The molecule has 2 atom stereocenters. The highest BCUT2D eigenvalue weighted by Gasteiger charge is 2.41. The molecular formula is C11H20O2. The highest BCUT2D eigenvalue weighted by Crippen LogP contribution is 2.39. The molecule has 0 unspecified atom stereocenters. The summed E-state index contributed by atoms with van der Waals surface area (Å²) in [6.07, 6.45) is 5.73. The molecule has 0 N–H and O–H groups in total. The lowest BCUT2D eigenvalue weighted by Crippen LogP contribution is -2.39. The van der Waals surface area contributed by atoms with Crippen LogP contribution in [0.25, 0.3) is 0 Å². The lowest BCUT2D eigenvalue weighted by molar-refractivity contribution is -0.0681. The van der Waals surface area contributed by atoms with Gasteiger partial charge in [0.15, 0.2) is 0 Å². The van der Waals surface area contributed by atoms with Gasteiger partial charge in [-0.15, -0.1) is 0 Å². The molecule has 0 saturated carbocycles. The van der Waals surface area contributed by atoms with E-state index in [9.17, 15) is 0 Å². The van der Waals surface area contributed by atoms with Crippen LogP contribution in [-0.4, -0.2) is 25.4 Å². The smallest absolute Gasteiger partial charge is 0.0651 e. The Hall–Kier alpha value is -0.0800. The summed E-state index contributed by atoms with van der Waals surface area (Å²) in [5, 5.41) is 0. The zero-order valence-corrected chi connectivity index (χ0v) is 8.71. The molecule has 0 amide bonds. The molecule has 2 heteroatoms. The zero-order valence-electron chi connectivity index (χ0n) is 8.71. The molecule has 2 aliphatic rings. The Balaban J connectivity index is 1.99. The van der Waals surface area contributed by atoms with Gasteiger partial charge < -0.3 is 9.47 Å². The lowest BCUT2D eigenvalue weighted by Gasteiger charge is -2.35. The third-order valence-corrected chi connectivity index (χ3v) is 3.52. The normalized spacial score (nSPS) is 35.5. The summed E-state index contributed by atoms with van der Waals surface area (Å²) in [6, 6.07) is 0. The van der Waals surface area contributed by atoms with Gasteiger partial charge in [-0.2, -0.15) is 0 Å². The van der Waals surface area contributed by atoms with Crippen molar-refractivity contribution in [2.75, 3.05) is 13.2 Å². The number of ether oxygens (including phenoxy) is 2. The van der Waals surface area contributed by atoms with E-state index < -0.39 is 0 Å². The average Bonchev–Trinajstić information content (AvgIpc) is 2.78. The molecule has 0 aromatic carbocycles. The molecule has 2 heterocycles. The van der Waals surface area contributed by atoms with Crippen molar-refractivity contribution in [2.45, 2.75) is 51.7 Å². The second-order valence-electron chi connectivity index (χ2n) is 4.82. The summed E-state index contributed by atoms with van der Waals surface area (Å²) in [6.45, 7) is 6.47. The number of rotatable bonds is 2. The Morgan fingerprint density at radius 3 is 1.69 bits per heavy atom. The van der Waals surface area contributed by atoms with E-state index in [2.05, 4.69) is 13.8 Å². The molecule has 2 saturated heterocycles. The van der Waals surface area contributed by atoms with E-state index in [-0.39, 0.29) is 5.41 Å². The summed E-state index contributed by atoms with van der Waals surface area (Å²) < 4.78 is 11.5. The van der Waals surface area contributed by atoms with Gasteiger partial charge in [0.1, 0.15) is 0 Å². The molecule has 2 fully saturated rings. The Kier molecular flexibility index (Phi) is 2.61. The molecule has 2 rings (SSSR count). The molecular weight excluding hydrogens is 164 g/mol. The largest absolute Gasteiger partial charge is 0.378 e. The van der Waals surface area contributed by atoms with Gasteiger partial charge in [0.05, 0.1) is 12.2 Å². The van der Waals surface area contributed by atoms with Crippen molar-refractivity contribution in [3.8, 4) is 0 Å². The molecule has 0 aromatic heterocycles. The van der Waals surface area contributed by atoms with E-state index in [1.807, 2.05) is 0 Å². The summed E-state index contributed by atoms with van der Waals surface area (Å²) in [5.74, 6) is 0. The number of hydrogen-bond acceptors (Lipinski definition) is 2. The van der Waals surface area contributed by atoms with Crippen molar-refractivity contribution in [2.24, 2.45) is 5.41 Å². The van der Waals surface area contributed by atoms with Crippen LogP contribution in [0.15, 0.2) is 0 Å². The standard InChI is InChI=1S/C11H20O2/c1-11(2,9-5-3-7-12-9)10-6-4-8-13-10/h9-10H,3-8H2,1-2H3/t9-,10-/m1/s1. The van der Waals surface area contributed by atoms with Crippen molar-refractivity contribution >= 4 is 0 Å². The van der Waals surface area contributed by atoms with E-state index in [1.165, 1.54) is 25.7 Å². The van der Waals surface area contributed by atoms with Gasteiger partial charge in [0, 0.05) is 18.6 Å². The Morgan fingerprint density at radius 2 is 1.38 bits per heavy atom. The van der Waals surface area contributed by atoms with Gasteiger partial charge in [-0.05, 0) is 25.7 Å². The van der Waals surface area contributed by atoms with E-state index >= 15 is 0 Å². The van der Waals surface area contributed by atoms with Crippen LogP contribution in [0.4, 0.5) is 0 Å². The maximum atomic E-state index is 5.75. The summed E-state index contributed by atoms with van der Waals surface area (Å²) in [5.41, 5.74) is 0.215. The maximum absolute atomic E-state index is 5.75. The van der Waals surface area contributed by atoms with E-state index in [0.29, 0.717) is 12.2 Å². The molecule has 2 aliphatic heterocycles. The average molecular weight is 184 g/mol. The second-order valence-corrected chi connectivity index (χ2v) is 4.82. The first-order chi connectivity index (χ1) is 6.21. The summed E-state index contributed by atoms with van der Waals surface area (Å²) >= 11 is 0. The lowest BCUT2D eigenvalue weighted by atomic mass is 9.78. The highest BCUT2D eigenvalue weighted by molar-refractivity contribution is 4.90. The fourth-order valence-corrected chi connectivity index (χ4v) is 2.54. The summed E-state index contributed by atoms with van der Waals surface area (Å²) in [4.78, 5) is 0. The van der Waals surface area contributed by atoms with Crippen molar-refractivity contribution in [1.82, 2.24) is 0 Å². The maximum Gasteiger partial charge on any atom is 0.0651 e. The van der Waals surface area contributed by atoms with Gasteiger partial charge in [-0.3, -0.25) is 0 Å². The topological polar surface area (TPSA) is 18.5 Å². The first kappa shape index (κ1) is 9.47. The van der Waals surface area contributed by atoms with E-state index in [0.717, 1.165) is 13.2 Å². The van der Waals surface area contributed by atoms with Gasteiger partial charge in [-0.1, -0.05) is 13.8 Å². The fourth-order valence-electron chi connectivity index (χ4n) is 2.54. The zero-order chi connectivity index (χ0) is 9.31. The van der Waals surface area contributed by atoms with Crippen LogP contribution in [0, 0.1) is 5.41 Å². The van der Waals surface area contributed by atoms with Crippen LogP contribution in [-0.2, 0) is 9.47 Å². The Morgan fingerprint density at radius 1 is 0.923 bits per heavy atom. The Bertz CT molecular complexity index is 147. The third kappa shape index (κ3) is 1.75. The molecule has 0 radical (unpaired) electrons. The van der Waals surface area contributed by atoms with Crippen molar-refractivity contribution in [3.05, 3.63) is 0 Å². The van der Waals surface area contributed by atoms with E-state index in [4.69, 9.17) is 9.47 Å². The molecule has 13 heavy (non-hydrogen) atoms. The third-order valence-electron chi connectivity index (χ3n) is 3.52. The van der Waals surface area contributed by atoms with Crippen molar-refractivity contribution < 1.29 is 9.47 Å². The van der Waals surface area contributed by atoms with Crippen LogP contribution in [0.3, 0.4) is 0 Å². The van der Waals surface area contributed by atoms with E-state index in [1.54, 1.807) is 0 Å². The predicted octanol–water partition coefficient (Wildman–Crippen LogP) is 2.37. The Labute approximate surface area is 80.6 Å². The van der Waals surface area contributed by atoms with Crippen molar-refractivity contribution in [3.63, 3.8) is 0 Å². The minimum absolute atomic E-state index is 0.215. The van der Waals surface area contributed by atoms with Gasteiger partial charge in [0.2, 0.25) is 0 Å². The predicted molar refractivity (Wildman–Crippen MR) is 51.7 cm³/mol. The van der Waals surface area contributed by atoms with Crippen LogP contribution in [0.2, 0.25) is 0 Å². The fraction of sp³-hybridized carbons (Fsp3) is 1.00. The minimum atomic E-state index is 0.215. The molecule has 76 valence electrons. The quantitative estimate of drug-likeness (QED) is 0.656. The molecule has 0 spiro atoms. The molecule has 0 aliphatic carbocycles. The molecule has 2 nitrogen and oxygen atoms in total. The second kappa shape index (κ2) is 3.58. The first-order valence-corrected chi connectivity index (χ1v) is 5.44. The van der Waals surface area contributed by atoms with Crippen LogP contribution in [0.1, 0.15) is 39.5 Å². The number of hydrogen-bond donors (Lipinski definition) is 0. The molecule has 0 bridgehead atoms. The molecule has 0 aromatic rings.